The molecule has 0 aliphatic carbocycles. The first kappa shape index (κ1) is 22.1. The van der Waals surface area contributed by atoms with Gasteiger partial charge in [-0.15, -0.1) is 0 Å². The van der Waals surface area contributed by atoms with E-state index in [1.54, 1.807) is 47.2 Å². The minimum absolute atomic E-state index is 0.0160. The number of nitrogens with one attached hydrogen (secondary N) is 1. The lowest BCUT2D eigenvalue weighted by molar-refractivity contribution is -0.140. The molecule has 30 heavy (non-hydrogen) atoms. The number of aromatic nitrogens is 1. The number of hydrogen-bond donors (Lipinski definition) is 1. The molecule has 1 aliphatic heterocycles. The third kappa shape index (κ3) is 5.29. The molecule has 3 amide bonds. The summed E-state index contributed by atoms with van der Waals surface area (Å²) in [6.07, 6.45) is 1.90. The molecule has 2 heterocycles. The van der Waals surface area contributed by atoms with Gasteiger partial charge in [-0.1, -0.05) is 35.3 Å². The molecule has 1 atom stereocenters. The molecular formula is C21H22Cl2N4O3. The van der Waals surface area contributed by atoms with Crippen LogP contribution in [0, 0.1) is 0 Å². The van der Waals surface area contributed by atoms with Crippen molar-refractivity contribution in [2.45, 2.75) is 19.4 Å². The molecule has 2 aromatic rings. The van der Waals surface area contributed by atoms with Gasteiger partial charge in [0.15, 0.2) is 0 Å². The highest BCUT2D eigenvalue weighted by atomic mass is 35.5. The molecule has 1 fully saturated rings. The van der Waals surface area contributed by atoms with Crippen LogP contribution in [0.3, 0.4) is 0 Å². The van der Waals surface area contributed by atoms with Gasteiger partial charge in [-0.25, -0.2) is 0 Å². The molecule has 1 aliphatic rings. The zero-order valence-corrected chi connectivity index (χ0v) is 18.0. The number of piperazine rings is 1. The summed E-state index contributed by atoms with van der Waals surface area (Å²) in [4.78, 5) is 45.2. The fourth-order valence-electron chi connectivity index (χ4n) is 3.23. The fraction of sp³-hybridized carbons (Fsp3) is 0.333. The van der Waals surface area contributed by atoms with Crippen LogP contribution in [-0.2, 0) is 16.0 Å². The van der Waals surface area contributed by atoms with E-state index in [2.05, 4.69) is 10.3 Å². The summed E-state index contributed by atoms with van der Waals surface area (Å²) in [7, 11) is 0. The Kier molecular flexibility index (Phi) is 7.29. The van der Waals surface area contributed by atoms with Crippen molar-refractivity contribution in [1.82, 2.24) is 20.1 Å². The topological polar surface area (TPSA) is 82.6 Å². The lowest BCUT2D eigenvalue weighted by Crippen LogP contribution is -2.55. The number of carbonyl (C=O) groups excluding carboxylic acids is 3. The van der Waals surface area contributed by atoms with E-state index in [4.69, 9.17) is 23.2 Å². The maximum Gasteiger partial charge on any atom is 0.253 e. The summed E-state index contributed by atoms with van der Waals surface area (Å²) >= 11 is 12.0. The number of nitrogens with zero attached hydrogens (tertiary/aromatic N) is 3. The molecule has 3 rings (SSSR count). The lowest BCUT2D eigenvalue weighted by Gasteiger charge is -2.36. The van der Waals surface area contributed by atoms with E-state index in [-0.39, 0.29) is 33.8 Å². The van der Waals surface area contributed by atoms with Crippen molar-refractivity contribution >= 4 is 40.9 Å². The smallest absolute Gasteiger partial charge is 0.253 e. The van der Waals surface area contributed by atoms with Crippen LogP contribution in [0.5, 0.6) is 0 Å². The first-order chi connectivity index (χ1) is 14.4. The van der Waals surface area contributed by atoms with E-state index in [0.717, 1.165) is 5.69 Å². The van der Waals surface area contributed by atoms with Gasteiger partial charge in [0.05, 0.1) is 22.0 Å². The number of hydrogen-bond acceptors (Lipinski definition) is 4. The number of amides is 3. The third-order valence-corrected chi connectivity index (χ3v) is 5.74. The summed E-state index contributed by atoms with van der Waals surface area (Å²) in [5.74, 6) is -0.691. The number of carbonyl (C=O) groups is 3. The van der Waals surface area contributed by atoms with Crippen molar-refractivity contribution in [3.8, 4) is 0 Å². The molecule has 158 valence electrons. The maximum absolute atomic E-state index is 12.7. The van der Waals surface area contributed by atoms with E-state index in [0.29, 0.717) is 26.2 Å². The SMILES string of the molecule is CC(NC(=O)c1cccc(Cl)c1Cl)C(=O)N1CCN(C(=O)Cc2ccccn2)CC1. The van der Waals surface area contributed by atoms with Crippen molar-refractivity contribution in [2.75, 3.05) is 26.2 Å². The zero-order chi connectivity index (χ0) is 21.7. The number of halogens is 2. The maximum atomic E-state index is 12.7. The van der Waals surface area contributed by atoms with Crippen LogP contribution in [-0.4, -0.2) is 64.7 Å². The van der Waals surface area contributed by atoms with Gasteiger partial charge in [-0.05, 0) is 31.2 Å². The molecule has 0 bridgehead atoms. The van der Waals surface area contributed by atoms with Gasteiger partial charge in [-0.2, -0.15) is 0 Å². The van der Waals surface area contributed by atoms with Crippen LogP contribution in [0.4, 0.5) is 0 Å². The quantitative estimate of drug-likeness (QED) is 0.760. The molecule has 1 aromatic heterocycles. The van der Waals surface area contributed by atoms with E-state index < -0.39 is 11.9 Å². The highest BCUT2D eigenvalue weighted by Gasteiger charge is 2.28. The Hall–Kier alpha value is -2.64. The van der Waals surface area contributed by atoms with Crippen LogP contribution in [0.2, 0.25) is 10.0 Å². The monoisotopic (exact) mass is 448 g/mol. The Bertz CT molecular complexity index is 931. The minimum Gasteiger partial charge on any atom is -0.340 e. The largest absolute Gasteiger partial charge is 0.340 e. The second-order valence-corrected chi connectivity index (χ2v) is 7.79. The Morgan fingerprint density at radius 2 is 1.73 bits per heavy atom. The van der Waals surface area contributed by atoms with E-state index in [1.165, 1.54) is 0 Å². The van der Waals surface area contributed by atoms with Gasteiger partial charge in [0.1, 0.15) is 6.04 Å². The summed E-state index contributed by atoms with van der Waals surface area (Å²) in [6.45, 7) is 3.32. The molecule has 9 heteroatoms. The zero-order valence-electron chi connectivity index (χ0n) is 16.5. The Balaban J connectivity index is 1.51. The van der Waals surface area contributed by atoms with Crippen molar-refractivity contribution < 1.29 is 14.4 Å². The van der Waals surface area contributed by atoms with Crippen molar-refractivity contribution in [3.05, 3.63) is 63.9 Å². The van der Waals surface area contributed by atoms with Crippen molar-refractivity contribution in [3.63, 3.8) is 0 Å². The van der Waals surface area contributed by atoms with Gasteiger partial charge >= 0.3 is 0 Å². The highest BCUT2D eigenvalue weighted by Crippen LogP contribution is 2.25. The van der Waals surface area contributed by atoms with Crippen molar-refractivity contribution in [1.29, 1.82) is 0 Å². The van der Waals surface area contributed by atoms with Crippen LogP contribution in [0.1, 0.15) is 23.0 Å². The van der Waals surface area contributed by atoms with Crippen molar-refractivity contribution in [2.24, 2.45) is 0 Å². The summed E-state index contributed by atoms with van der Waals surface area (Å²) < 4.78 is 0. The molecule has 0 radical (unpaired) electrons. The molecule has 1 saturated heterocycles. The van der Waals surface area contributed by atoms with Gasteiger partial charge in [0.2, 0.25) is 11.8 Å². The molecule has 0 saturated carbocycles. The van der Waals surface area contributed by atoms with Crippen LogP contribution < -0.4 is 5.32 Å². The van der Waals surface area contributed by atoms with Gasteiger partial charge in [-0.3, -0.25) is 19.4 Å². The first-order valence-corrected chi connectivity index (χ1v) is 10.3. The summed E-state index contributed by atoms with van der Waals surface area (Å²) in [5.41, 5.74) is 0.936. The van der Waals surface area contributed by atoms with E-state index >= 15 is 0 Å². The second kappa shape index (κ2) is 9.91. The highest BCUT2D eigenvalue weighted by molar-refractivity contribution is 6.43. The Morgan fingerprint density at radius 3 is 2.40 bits per heavy atom. The average molecular weight is 449 g/mol. The van der Waals surface area contributed by atoms with Crippen LogP contribution >= 0.6 is 23.2 Å². The molecule has 0 spiro atoms. The standard InChI is InChI=1S/C21H22Cl2N4O3/c1-14(25-20(29)16-6-4-7-17(22)19(16)23)21(30)27-11-9-26(10-12-27)18(28)13-15-5-2-3-8-24-15/h2-8,14H,9-13H2,1H3,(H,25,29). The van der Waals surface area contributed by atoms with E-state index in [1.807, 2.05) is 12.1 Å². The third-order valence-electron chi connectivity index (χ3n) is 4.92. The number of pyridine rings is 1. The predicted molar refractivity (Wildman–Crippen MR) is 114 cm³/mol. The number of benzene rings is 1. The molecule has 1 unspecified atom stereocenters. The fourth-order valence-corrected chi connectivity index (χ4v) is 3.62. The van der Waals surface area contributed by atoms with Gasteiger partial charge < -0.3 is 15.1 Å². The normalized spacial score (nSPS) is 14.9. The second-order valence-electron chi connectivity index (χ2n) is 7.00. The van der Waals surface area contributed by atoms with E-state index in [9.17, 15) is 14.4 Å². The van der Waals surface area contributed by atoms with Crippen LogP contribution in [0.25, 0.3) is 0 Å². The molecular weight excluding hydrogens is 427 g/mol. The predicted octanol–water partition coefficient (Wildman–Crippen LogP) is 2.42. The van der Waals surface area contributed by atoms with Crippen LogP contribution in [0.15, 0.2) is 42.6 Å². The Morgan fingerprint density at radius 1 is 1.03 bits per heavy atom. The van der Waals surface area contributed by atoms with Gasteiger partial charge in [0.25, 0.3) is 5.91 Å². The molecule has 7 nitrogen and oxygen atoms in total. The Labute approximate surface area is 185 Å². The molecule has 1 aromatic carbocycles. The molecule has 1 N–H and O–H groups in total. The van der Waals surface area contributed by atoms with Gasteiger partial charge in [0, 0.05) is 38.1 Å². The lowest BCUT2D eigenvalue weighted by atomic mass is 10.1. The average Bonchev–Trinajstić information content (AvgIpc) is 2.75. The first-order valence-electron chi connectivity index (χ1n) is 9.58. The summed E-state index contributed by atoms with van der Waals surface area (Å²) in [5, 5.41) is 3.09. The summed E-state index contributed by atoms with van der Waals surface area (Å²) in [6, 6.07) is 9.49. The minimum atomic E-state index is -0.733. The number of rotatable bonds is 5.